The highest BCUT2D eigenvalue weighted by Crippen LogP contribution is 2.45. The summed E-state index contributed by atoms with van der Waals surface area (Å²) in [5, 5.41) is 17.6. The number of aromatic nitrogens is 4. The van der Waals surface area contributed by atoms with Crippen molar-refractivity contribution in [2.75, 3.05) is 30.3 Å². The molecule has 6 aromatic carbocycles. The number of carbonyl (C=O) groups excluding carboxylic acids is 1. The van der Waals surface area contributed by atoms with Gasteiger partial charge in [-0.2, -0.15) is 0 Å². The molecule has 0 spiro atoms. The number of aryl methyl sites for hydroxylation is 1. The van der Waals surface area contributed by atoms with E-state index in [4.69, 9.17) is 16.6 Å². The van der Waals surface area contributed by atoms with E-state index >= 15 is 0 Å². The lowest BCUT2D eigenvalue weighted by Crippen LogP contribution is -2.48. The number of fused-ring (bicyclic) bond motifs is 3. The zero-order valence-electron chi connectivity index (χ0n) is 36.3. The number of halogens is 1. The normalized spacial score (nSPS) is 16.4. The maximum Gasteiger partial charge on any atom is 0.254 e. The van der Waals surface area contributed by atoms with Crippen LogP contribution < -0.4 is 10.6 Å². The first-order valence-corrected chi connectivity index (χ1v) is 23.0. The van der Waals surface area contributed by atoms with E-state index in [0.29, 0.717) is 23.0 Å². The van der Waals surface area contributed by atoms with E-state index in [2.05, 4.69) is 79.9 Å². The third-order valence-corrected chi connectivity index (χ3v) is 13.8. The van der Waals surface area contributed by atoms with Gasteiger partial charge < -0.3 is 30.6 Å². The van der Waals surface area contributed by atoms with Crippen molar-refractivity contribution in [1.29, 1.82) is 0 Å². The SMILES string of the molecule is Cc1ccc(Nc2cccc3c2CCN([C]2CC2)C3)cc1-c1nc2ccccc2[nH]1.O=C1c2cccc(Nc3ccc(Cl)c(-c4ncc(-c5ccccc5)[nH]4)c3)c2CCN1C1(CO)CC1. The Labute approximate surface area is 383 Å². The van der Waals surface area contributed by atoms with E-state index in [1.54, 1.807) is 6.04 Å². The molecule has 4 heterocycles. The molecule has 65 heavy (non-hydrogen) atoms. The van der Waals surface area contributed by atoms with Crippen molar-refractivity contribution >= 4 is 51.3 Å². The molecule has 2 aromatic heterocycles. The highest BCUT2D eigenvalue weighted by atomic mass is 35.5. The number of nitrogens with zero attached hydrogens (tertiary/aromatic N) is 4. The topological polar surface area (TPSA) is 125 Å². The summed E-state index contributed by atoms with van der Waals surface area (Å²) in [7, 11) is 0. The molecule has 11 heteroatoms. The summed E-state index contributed by atoms with van der Waals surface area (Å²) in [5.41, 5.74) is 15.6. The quantitative estimate of drug-likeness (QED) is 0.0926. The predicted molar refractivity (Wildman–Crippen MR) is 261 cm³/mol. The van der Waals surface area contributed by atoms with Gasteiger partial charge in [-0.25, -0.2) is 9.97 Å². The zero-order chi connectivity index (χ0) is 44.1. The molecule has 2 saturated carbocycles. The van der Waals surface area contributed by atoms with Gasteiger partial charge in [0.05, 0.1) is 40.1 Å². The highest BCUT2D eigenvalue weighted by molar-refractivity contribution is 6.33. The Balaban J connectivity index is 0.000000146. The van der Waals surface area contributed by atoms with Crippen LogP contribution in [0.5, 0.6) is 0 Å². The van der Waals surface area contributed by atoms with E-state index in [1.165, 1.54) is 35.2 Å². The number of amides is 1. The number of para-hydroxylation sites is 2. The lowest BCUT2D eigenvalue weighted by Gasteiger charge is -2.35. The smallest absolute Gasteiger partial charge is 0.254 e. The van der Waals surface area contributed by atoms with Crippen molar-refractivity contribution in [3.63, 3.8) is 0 Å². The summed E-state index contributed by atoms with van der Waals surface area (Å²) < 4.78 is 0. The first-order valence-electron chi connectivity index (χ1n) is 22.6. The lowest BCUT2D eigenvalue weighted by molar-refractivity contribution is 0.0523. The molecule has 2 aliphatic carbocycles. The van der Waals surface area contributed by atoms with Crippen molar-refractivity contribution in [2.24, 2.45) is 0 Å². The number of aliphatic hydroxyl groups excluding tert-OH is 1. The maximum absolute atomic E-state index is 13.2. The van der Waals surface area contributed by atoms with Crippen LogP contribution in [0.15, 0.2) is 134 Å². The van der Waals surface area contributed by atoms with Crippen molar-refractivity contribution in [1.82, 2.24) is 29.7 Å². The third-order valence-electron chi connectivity index (χ3n) is 13.4. The third kappa shape index (κ3) is 8.18. The van der Waals surface area contributed by atoms with Gasteiger partial charge in [0.25, 0.3) is 5.91 Å². The first-order chi connectivity index (χ1) is 31.8. The van der Waals surface area contributed by atoms with Crippen LogP contribution >= 0.6 is 11.6 Å². The molecule has 4 aliphatic rings. The highest BCUT2D eigenvalue weighted by Gasteiger charge is 2.51. The predicted octanol–water partition coefficient (Wildman–Crippen LogP) is 11.6. The van der Waals surface area contributed by atoms with E-state index in [-0.39, 0.29) is 18.1 Å². The molecular weight excluding hydrogens is 828 g/mol. The number of aromatic amines is 2. The van der Waals surface area contributed by atoms with E-state index in [1.807, 2.05) is 96.0 Å². The minimum atomic E-state index is -0.356. The number of benzene rings is 6. The van der Waals surface area contributed by atoms with Gasteiger partial charge in [0.1, 0.15) is 11.6 Å². The number of nitrogens with one attached hydrogen (secondary N) is 4. The van der Waals surface area contributed by atoms with Crippen LogP contribution in [0.2, 0.25) is 5.02 Å². The number of hydrogen-bond acceptors (Lipinski definition) is 7. The Morgan fingerprint density at radius 3 is 2.22 bits per heavy atom. The molecule has 5 N–H and O–H groups in total. The van der Waals surface area contributed by atoms with Crippen LogP contribution in [-0.4, -0.2) is 66.0 Å². The molecule has 12 rings (SSSR count). The average molecular weight is 879 g/mol. The summed E-state index contributed by atoms with van der Waals surface area (Å²) in [5.74, 6) is 1.61. The number of aliphatic hydroxyl groups is 1. The molecular formula is C54H50ClN8O2. The van der Waals surface area contributed by atoms with Gasteiger partial charge in [-0.15, -0.1) is 0 Å². The molecule has 0 unspecified atom stereocenters. The van der Waals surface area contributed by atoms with E-state index < -0.39 is 0 Å². The summed E-state index contributed by atoms with van der Waals surface area (Å²) >= 11 is 6.54. The minimum Gasteiger partial charge on any atom is -0.394 e. The summed E-state index contributed by atoms with van der Waals surface area (Å²) in [4.78, 5) is 33.9. The van der Waals surface area contributed by atoms with Crippen LogP contribution in [-0.2, 0) is 19.4 Å². The van der Waals surface area contributed by atoms with E-state index in [9.17, 15) is 9.90 Å². The largest absolute Gasteiger partial charge is 0.394 e. The van der Waals surface area contributed by atoms with Crippen molar-refractivity contribution < 1.29 is 9.90 Å². The molecule has 0 bridgehead atoms. The molecule has 325 valence electrons. The Kier molecular flexibility index (Phi) is 10.7. The summed E-state index contributed by atoms with van der Waals surface area (Å²) in [6.07, 6.45) is 7.98. The number of imidazole rings is 2. The summed E-state index contributed by atoms with van der Waals surface area (Å²) in [6, 6.07) is 44.6. The van der Waals surface area contributed by atoms with Crippen LogP contribution in [0.3, 0.4) is 0 Å². The van der Waals surface area contributed by atoms with Crippen molar-refractivity contribution in [3.05, 3.63) is 172 Å². The van der Waals surface area contributed by atoms with Crippen LogP contribution in [0.25, 0.3) is 45.1 Å². The maximum atomic E-state index is 13.2. The number of H-pyrrole nitrogens is 2. The van der Waals surface area contributed by atoms with E-state index in [0.717, 1.165) is 101 Å². The number of rotatable bonds is 10. The molecule has 1 amide bonds. The van der Waals surface area contributed by atoms with Gasteiger partial charge in [0, 0.05) is 65.1 Å². The van der Waals surface area contributed by atoms with Crippen LogP contribution in [0.4, 0.5) is 22.7 Å². The van der Waals surface area contributed by atoms with Gasteiger partial charge >= 0.3 is 0 Å². The first kappa shape index (κ1) is 41.0. The van der Waals surface area contributed by atoms with Gasteiger partial charge in [-0.1, -0.05) is 78.3 Å². The van der Waals surface area contributed by atoms with Gasteiger partial charge in [0.2, 0.25) is 0 Å². The van der Waals surface area contributed by atoms with Gasteiger partial charge in [-0.05, 0) is 134 Å². The number of carbonyl (C=O) groups is 1. The van der Waals surface area contributed by atoms with Crippen LogP contribution in [0.1, 0.15) is 58.3 Å². The fraction of sp³-hybridized carbons (Fsp3) is 0.222. The fourth-order valence-corrected chi connectivity index (χ4v) is 9.68. The Morgan fingerprint density at radius 2 is 1.45 bits per heavy atom. The Morgan fingerprint density at radius 1 is 0.723 bits per heavy atom. The molecule has 10 nitrogen and oxygen atoms in total. The Bertz CT molecular complexity index is 3030. The molecule has 2 fully saturated rings. The lowest BCUT2D eigenvalue weighted by atomic mass is 9.95. The second-order valence-electron chi connectivity index (χ2n) is 17.7. The molecule has 8 aromatic rings. The van der Waals surface area contributed by atoms with Gasteiger partial charge in [-0.3, -0.25) is 9.69 Å². The standard InChI is InChI=1S/C28H25ClN4O2.C26H25N4/c29-23-10-9-19(15-22(23)26-30-16-25(32-26)18-5-2-1-3-6-18)31-24-8-4-7-21-20(24)11-14-33(27(21)35)28(17-34)12-13-28;1-17-9-10-19(15-22(17)26-28-24-6-2-3-7-25(24)29-26)27-23-8-4-5-18-16-30(20-11-12-20)14-13-21(18)23/h1-10,15-16,31,34H,11-14,17H2,(H,30,32);2-10,15,27H,11-14,16H2,1H3,(H,28,29). The minimum absolute atomic E-state index is 0.00210. The monoisotopic (exact) mass is 877 g/mol. The van der Waals surface area contributed by atoms with Crippen molar-refractivity contribution in [3.8, 4) is 34.0 Å². The molecule has 0 atom stereocenters. The van der Waals surface area contributed by atoms with Gasteiger partial charge in [0.15, 0.2) is 0 Å². The second kappa shape index (κ2) is 17.0. The average Bonchev–Trinajstić information content (AvgIpc) is 4.26. The molecule has 1 radical (unpaired) electrons. The Hall–Kier alpha value is -6.72. The fourth-order valence-electron chi connectivity index (χ4n) is 9.48. The number of hydrogen-bond donors (Lipinski definition) is 5. The second-order valence-corrected chi connectivity index (χ2v) is 18.1. The molecule has 0 saturated heterocycles. The number of anilines is 4. The van der Waals surface area contributed by atoms with Crippen molar-refractivity contribution in [2.45, 2.75) is 57.5 Å². The summed E-state index contributed by atoms with van der Waals surface area (Å²) in [6.45, 7) is 4.97. The molecule has 2 aliphatic heterocycles. The van der Waals surface area contributed by atoms with Crippen LogP contribution in [0, 0.1) is 13.0 Å². The zero-order valence-corrected chi connectivity index (χ0v) is 37.1.